The van der Waals surface area contributed by atoms with Crippen molar-refractivity contribution >= 4 is 17.9 Å². The van der Waals surface area contributed by atoms with E-state index in [1.807, 2.05) is 12.1 Å². The van der Waals surface area contributed by atoms with E-state index in [0.717, 1.165) is 29.9 Å². The lowest BCUT2D eigenvalue weighted by Gasteiger charge is -2.30. The fourth-order valence-corrected chi connectivity index (χ4v) is 3.74. The molecule has 0 aromatic carbocycles. The van der Waals surface area contributed by atoms with Crippen LogP contribution in [0, 0.1) is 5.92 Å². The van der Waals surface area contributed by atoms with Gasteiger partial charge < -0.3 is 10.0 Å². The largest absolute Gasteiger partial charge is 0.478 e. The smallest absolute Gasteiger partial charge is 0.328 e. The number of carboxylic acids is 1. The van der Waals surface area contributed by atoms with Gasteiger partial charge in [-0.3, -0.25) is 0 Å². The predicted molar refractivity (Wildman–Crippen MR) is 83.2 cm³/mol. The molecule has 4 nitrogen and oxygen atoms in total. The number of carboxylic acid groups (broad SMARTS) is 1. The Bertz CT molecular complexity index is 518. The normalized spacial score (nSPS) is 23.2. The molecule has 21 heavy (non-hydrogen) atoms. The minimum Gasteiger partial charge on any atom is -0.478 e. The van der Waals surface area contributed by atoms with E-state index < -0.39 is 5.97 Å². The van der Waals surface area contributed by atoms with Crippen LogP contribution >= 0.6 is 0 Å². The molecular formula is C17H22N2O2. The van der Waals surface area contributed by atoms with Crippen LogP contribution in [0.15, 0.2) is 24.4 Å². The molecule has 1 aromatic heterocycles. The summed E-state index contributed by atoms with van der Waals surface area (Å²) in [6.07, 6.45) is 12.5. The zero-order chi connectivity index (χ0) is 14.7. The standard InChI is InChI=1S/C17H22N2O2/c20-17(21)10-8-13-7-9-16(18-12-13)19-11-3-6-15(19)14-4-1-2-5-14/h7-10,12,14-15H,1-6,11H2,(H,20,21)/b10-8+. The number of hydrogen-bond donors (Lipinski definition) is 1. The number of rotatable bonds is 4. The first-order valence-corrected chi connectivity index (χ1v) is 7.88. The van der Waals surface area contributed by atoms with Crippen LogP contribution in [0.5, 0.6) is 0 Å². The van der Waals surface area contributed by atoms with Gasteiger partial charge in [0.15, 0.2) is 0 Å². The van der Waals surface area contributed by atoms with Crippen LogP contribution in [-0.4, -0.2) is 28.6 Å². The van der Waals surface area contributed by atoms with Crippen molar-refractivity contribution in [3.05, 3.63) is 30.0 Å². The Labute approximate surface area is 125 Å². The Morgan fingerprint density at radius 3 is 2.71 bits per heavy atom. The van der Waals surface area contributed by atoms with Gasteiger partial charge in [0.25, 0.3) is 0 Å². The molecule has 0 amide bonds. The molecule has 1 unspecified atom stereocenters. The maximum absolute atomic E-state index is 10.5. The Kier molecular flexibility index (Phi) is 4.23. The van der Waals surface area contributed by atoms with Crippen LogP contribution in [0.2, 0.25) is 0 Å². The Hall–Kier alpha value is -1.84. The number of carbonyl (C=O) groups is 1. The molecule has 2 fully saturated rings. The highest BCUT2D eigenvalue weighted by Gasteiger charge is 2.33. The molecular weight excluding hydrogens is 264 g/mol. The van der Waals surface area contributed by atoms with Crippen molar-refractivity contribution in [3.63, 3.8) is 0 Å². The number of nitrogens with zero attached hydrogens (tertiary/aromatic N) is 2. The van der Waals surface area contributed by atoms with Crippen molar-refractivity contribution in [2.75, 3.05) is 11.4 Å². The number of aromatic nitrogens is 1. The zero-order valence-electron chi connectivity index (χ0n) is 12.2. The first-order valence-electron chi connectivity index (χ1n) is 7.88. The fraction of sp³-hybridized carbons (Fsp3) is 0.529. The van der Waals surface area contributed by atoms with Gasteiger partial charge in [0, 0.05) is 24.9 Å². The van der Waals surface area contributed by atoms with E-state index in [1.54, 1.807) is 12.3 Å². The summed E-state index contributed by atoms with van der Waals surface area (Å²) in [6, 6.07) is 4.63. The van der Waals surface area contributed by atoms with Crippen LogP contribution in [0.25, 0.3) is 6.08 Å². The number of anilines is 1. The summed E-state index contributed by atoms with van der Waals surface area (Å²) >= 11 is 0. The summed E-state index contributed by atoms with van der Waals surface area (Å²) in [5, 5.41) is 8.64. The van der Waals surface area contributed by atoms with Crippen molar-refractivity contribution < 1.29 is 9.90 Å². The second kappa shape index (κ2) is 6.29. The Morgan fingerprint density at radius 1 is 1.24 bits per heavy atom. The first-order chi connectivity index (χ1) is 10.2. The quantitative estimate of drug-likeness (QED) is 0.863. The van der Waals surface area contributed by atoms with Gasteiger partial charge in [-0.15, -0.1) is 0 Å². The number of pyridine rings is 1. The van der Waals surface area contributed by atoms with Crippen molar-refractivity contribution in [2.45, 2.75) is 44.6 Å². The molecule has 2 aliphatic rings. The van der Waals surface area contributed by atoms with Gasteiger partial charge in [-0.25, -0.2) is 9.78 Å². The molecule has 1 saturated heterocycles. The highest BCUT2D eigenvalue weighted by Crippen LogP contribution is 2.37. The van der Waals surface area contributed by atoms with E-state index in [-0.39, 0.29) is 0 Å². The van der Waals surface area contributed by atoms with E-state index in [1.165, 1.54) is 38.5 Å². The average Bonchev–Trinajstić information content (AvgIpc) is 3.16. The fourth-order valence-electron chi connectivity index (χ4n) is 3.74. The van der Waals surface area contributed by atoms with Gasteiger partial charge in [-0.05, 0) is 55.4 Å². The molecule has 1 aliphatic heterocycles. The van der Waals surface area contributed by atoms with Crippen molar-refractivity contribution in [3.8, 4) is 0 Å². The summed E-state index contributed by atoms with van der Waals surface area (Å²) in [5.74, 6) is 0.942. The molecule has 0 radical (unpaired) electrons. The topological polar surface area (TPSA) is 53.4 Å². The molecule has 2 heterocycles. The monoisotopic (exact) mass is 286 g/mol. The molecule has 3 rings (SSSR count). The second-order valence-electron chi connectivity index (χ2n) is 6.07. The maximum atomic E-state index is 10.5. The van der Waals surface area contributed by atoms with E-state index in [4.69, 9.17) is 5.11 Å². The third-order valence-electron chi connectivity index (χ3n) is 4.73. The van der Waals surface area contributed by atoms with Gasteiger partial charge in [0.2, 0.25) is 0 Å². The molecule has 4 heteroatoms. The Balaban J connectivity index is 1.72. The average molecular weight is 286 g/mol. The SMILES string of the molecule is O=C(O)/C=C/c1ccc(N2CCCC2C2CCCC2)nc1. The van der Waals surface area contributed by atoms with Gasteiger partial charge in [0.05, 0.1) is 0 Å². The van der Waals surface area contributed by atoms with Crippen LogP contribution < -0.4 is 4.90 Å². The van der Waals surface area contributed by atoms with Gasteiger partial charge >= 0.3 is 5.97 Å². The van der Waals surface area contributed by atoms with E-state index in [9.17, 15) is 4.79 Å². The summed E-state index contributed by atoms with van der Waals surface area (Å²) in [4.78, 5) is 17.5. The number of aliphatic carboxylic acids is 1. The van der Waals surface area contributed by atoms with Crippen molar-refractivity contribution in [1.29, 1.82) is 0 Å². The number of hydrogen-bond acceptors (Lipinski definition) is 3. The van der Waals surface area contributed by atoms with E-state index in [0.29, 0.717) is 6.04 Å². The minimum absolute atomic E-state index is 0.653. The van der Waals surface area contributed by atoms with Gasteiger partial charge in [0.1, 0.15) is 5.82 Å². The lowest BCUT2D eigenvalue weighted by Crippen LogP contribution is -2.35. The summed E-state index contributed by atoms with van der Waals surface area (Å²) in [5.41, 5.74) is 0.831. The molecule has 1 N–H and O–H groups in total. The van der Waals surface area contributed by atoms with Crippen LogP contribution in [0.1, 0.15) is 44.1 Å². The second-order valence-corrected chi connectivity index (χ2v) is 6.07. The lowest BCUT2D eigenvalue weighted by atomic mass is 9.96. The molecule has 0 bridgehead atoms. The third kappa shape index (κ3) is 3.26. The van der Waals surface area contributed by atoms with Gasteiger partial charge in [-0.2, -0.15) is 0 Å². The molecule has 1 atom stereocenters. The van der Waals surface area contributed by atoms with Crippen LogP contribution in [-0.2, 0) is 4.79 Å². The summed E-state index contributed by atoms with van der Waals surface area (Å²) in [6.45, 7) is 1.10. The van der Waals surface area contributed by atoms with Crippen LogP contribution in [0.3, 0.4) is 0 Å². The molecule has 1 aliphatic carbocycles. The summed E-state index contributed by atoms with van der Waals surface area (Å²) < 4.78 is 0. The van der Waals surface area contributed by atoms with Crippen molar-refractivity contribution in [1.82, 2.24) is 4.98 Å². The lowest BCUT2D eigenvalue weighted by molar-refractivity contribution is -0.131. The molecule has 1 saturated carbocycles. The minimum atomic E-state index is -0.931. The maximum Gasteiger partial charge on any atom is 0.328 e. The Morgan fingerprint density at radius 2 is 2.05 bits per heavy atom. The molecule has 112 valence electrons. The predicted octanol–water partition coefficient (Wildman–Crippen LogP) is 3.34. The zero-order valence-corrected chi connectivity index (χ0v) is 12.2. The molecule has 1 aromatic rings. The van der Waals surface area contributed by atoms with E-state index >= 15 is 0 Å². The van der Waals surface area contributed by atoms with Crippen molar-refractivity contribution in [2.24, 2.45) is 5.92 Å². The molecule has 0 spiro atoms. The third-order valence-corrected chi connectivity index (χ3v) is 4.73. The highest BCUT2D eigenvalue weighted by molar-refractivity contribution is 5.85. The highest BCUT2D eigenvalue weighted by atomic mass is 16.4. The van der Waals surface area contributed by atoms with Gasteiger partial charge in [-0.1, -0.05) is 12.8 Å². The summed E-state index contributed by atoms with van der Waals surface area (Å²) in [7, 11) is 0. The van der Waals surface area contributed by atoms with Crippen LogP contribution in [0.4, 0.5) is 5.82 Å². The first kappa shape index (κ1) is 14.1. The van der Waals surface area contributed by atoms with E-state index in [2.05, 4.69) is 9.88 Å².